The zero-order valence-corrected chi connectivity index (χ0v) is 17.6. The van der Waals surface area contributed by atoms with Crippen molar-refractivity contribution in [1.82, 2.24) is 21.5 Å². The maximum atomic E-state index is 8.68. The van der Waals surface area contributed by atoms with Crippen molar-refractivity contribution in [3.63, 3.8) is 0 Å². The van der Waals surface area contributed by atoms with Crippen LogP contribution >= 0.6 is 0 Å². The molecule has 0 saturated carbocycles. The predicted octanol–water partition coefficient (Wildman–Crippen LogP) is 0.852. The van der Waals surface area contributed by atoms with Crippen molar-refractivity contribution in [2.75, 3.05) is 26.4 Å². The predicted molar refractivity (Wildman–Crippen MR) is 119 cm³/mol. The van der Waals surface area contributed by atoms with Gasteiger partial charge in [-0.3, -0.25) is 10.3 Å². The molecule has 0 aromatic heterocycles. The summed E-state index contributed by atoms with van der Waals surface area (Å²) in [5, 5.41) is 15.2. The Morgan fingerprint density at radius 2 is 1.77 bits per heavy atom. The van der Waals surface area contributed by atoms with Crippen LogP contribution in [0.4, 0.5) is 0 Å². The Morgan fingerprint density at radius 3 is 2.47 bits per heavy atom. The Bertz CT molecular complexity index is 810. The lowest BCUT2D eigenvalue weighted by Gasteiger charge is -2.32. The minimum atomic E-state index is -0.250. The summed E-state index contributed by atoms with van der Waals surface area (Å²) in [4.78, 5) is 4.21. The van der Waals surface area contributed by atoms with E-state index in [9.17, 15) is 0 Å². The summed E-state index contributed by atoms with van der Waals surface area (Å²) in [6, 6.07) is 19.0. The quantitative estimate of drug-likeness (QED) is 0.205. The fraction of sp³-hybridized carbons (Fsp3) is 0.409. The normalized spacial score (nSPS) is 19.8. The van der Waals surface area contributed by atoms with Gasteiger partial charge in [0.1, 0.15) is 6.29 Å². The van der Waals surface area contributed by atoms with Crippen LogP contribution in [0.3, 0.4) is 0 Å². The zero-order valence-electron chi connectivity index (χ0n) is 17.6. The average molecular weight is 413 g/mol. The number of aliphatic imine (C=N–C) groups is 1. The lowest BCUT2D eigenvalue weighted by Crippen LogP contribution is -2.53. The van der Waals surface area contributed by atoms with Crippen LogP contribution in [0.15, 0.2) is 59.6 Å². The van der Waals surface area contributed by atoms with E-state index in [2.05, 4.69) is 88.9 Å². The molecule has 8 heteroatoms. The first-order valence-electron chi connectivity index (χ1n) is 10.2. The lowest BCUT2D eigenvalue weighted by atomic mass is 9.81. The molecule has 0 bridgehead atoms. The molecule has 1 aliphatic heterocycles. The standard InChI is InChI=1S/C22H32N6O2/c1-22(2,18-10-8-17(9-11-18)16-6-4-3-5-7-16)19-25-21(28-27-19)26-20(23)24-12-14-30-15-13-29/h3-11,19,21,25,27-29H,12-15H2,1-2H3,(H3,23,24,26). The van der Waals surface area contributed by atoms with Crippen LogP contribution in [0.5, 0.6) is 0 Å². The molecule has 0 amide bonds. The van der Waals surface area contributed by atoms with E-state index in [1.807, 2.05) is 6.07 Å². The summed E-state index contributed by atoms with van der Waals surface area (Å²) in [5.74, 6) is 0.320. The summed E-state index contributed by atoms with van der Waals surface area (Å²) in [5.41, 5.74) is 15.8. The van der Waals surface area contributed by atoms with Crippen LogP contribution in [0.25, 0.3) is 11.1 Å². The highest BCUT2D eigenvalue weighted by atomic mass is 16.5. The van der Waals surface area contributed by atoms with E-state index in [4.69, 9.17) is 15.6 Å². The Balaban J connectivity index is 1.55. The number of benzene rings is 2. The maximum absolute atomic E-state index is 8.68. The minimum absolute atomic E-state index is 0.00514. The van der Waals surface area contributed by atoms with Crippen LogP contribution in [-0.4, -0.2) is 49.9 Å². The molecule has 30 heavy (non-hydrogen) atoms. The van der Waals surface area contributed by atoms with Crippen molar-refractivity contribution < 1.29 is 9.84 Å². The average Bonchev–Trinajstić information content (AvgIpc) is 3.23. The topological polar surface area (TPSA) is 116 Å². The van der Waals surface area contributed by atoms with Gasteiger partial charge in [-0.1, -0.05) is 68.4 Å². The first-order chi connectivity index (χ1) is 14.5. The molecule has 1 heterocycles. The fourth-order valence-corrected chi connectivity index (χ4v) is 3.36. The zero-order chi connectivity index (χ0) is 21.4. The molecule has 2 unspecified atom stereocenters. The molecule has 162 valence electrons. The molecule has 3 rings (SSSR count). The molecule has 2 atom stereocenters. The van der Waals surface area contributed by atoms with Gasteiger partial charge in [-0.2, -0.15) is 0 Å². The molecule has 2 aromatic rings. The summed E-state index contributed by atoms with van der Waals surface area (Å²) >= 11 is 0. The summed E-state index contributed by atoms with van der Waals surface area (Å²) in [6.07, 6.45) is -0.266. The van der Waals surface area contributed by atoms with Gasteiger partial charge in [0.15, 0.2) is 5.96 Å². The molecule has 1 aliphatic rings. The summed E-state index contributed by atoms with van der Waals surface area (Å²) in [7, 11) is 0. The highest BCUT2D eigenvalue weighted by molar-refractivity contribution is 5.78. The second-order valence-electron chi connectivity index (χ2n) is 7.73. The molecule has 0 spiro atoms. The van der Waals surface area contributed by atoms with Gasteiger partial charge in [0.25, 0.3) is 0 Å². The fourth-order valence-electron chi connectivity index (χ4n) is 3.36. The highest BCUT2D eigenvalue weighted by Crippen LogP contribution is 2.29. The molecule has 0 aliphatic carbocycles. The third kappa shape index (κ3) is 5.78. The number of hydrogen-bond donors (Lipinski definition) is 6. The first kappa shape index (κ1) is 22.2. The van der Waals surface area contributed by atoms with Crippen LogP contribution < -0.4 is 27.2 Å². The molecule has 7 N–H and O–H groups in total. The van der Waals surface area contributed by atoms with Crippen molar-refractivity contribution in [2.24, 2.45) is 10.7 Å². The second kappa shape index (κ2) is 10.5. The van der Waals surface area contributed by atoms with E-state index in [1.54, 1.807) is 0 Å². The van der Waals surface area contributed by atoms with Crippen LogP contribution in [-0.2, 0) is 10.2 Å². The van der Waals surface area contributed by atoms with E-state index >= 15 is 0 Å². The molecule has 8 nitrogen and oxygen atoms in total. The highest BCUT2D eigenvalue weighted by Gasteiger charge is 2.36. The van der Waals surface area contributed by atoms with Gasteiger partial charge in [-0.15, -0.1) is 0 Å². The number of ether oxygens (including phenoxy) is 1. The number of aliphatic hydroxyl groups is 1. The number of aliphatic hydroxyl groups excluding tert-OH is 1. The Hall–Kier alpha value is -2.49. The van der Waals surface area contributed by atoms with Gasteiger partial charge < -0.3 is 20.9 Å². The monoisotopic (exact) mass is 412 g/mol. The van der Waals surface area contributed by atoms with Gasteiger partial charge in [-0.05, 0) is 16.7 Å². The SMILES string of the molecule is CC(C)(c1ccc(-c2ccccc2)cc1)C1NNC(NC(N)=NCCOCCO)N1. The Kier molecular flexibility index (Phi) is 7.78. The van der Waals surface area contributed by atoms with Crippen molar-refractivity contribution in [2.45, 2.75) is 31.7 Å². The number of hydrazine groups is 1. The first-order valence-corrected chi connectivity index (χ1v) is 10.2. The molecular formula is C22H32N6O2. The number of rotatable bonds is 9. The maximum Gasteiger partial charge on any atom is 0.190 e. The van der Waals surface area contributed by atoms with Crippen molar-refractivity contribution in [1.29, 1.82) is 0 Å². The summed E-state index contributed by atoms with van der Waals surface area (Å²) in [6.45, 7) is 5.54. The Labute approximate surface area is 177 Å². The van der Waals surface area contributed by atoms with Crippen LogP contribution in [0.2, 0.25) is 0 Å². The Morgan fingerprint density at radius 1 is 1.07 bits per heavy atom. The number of nitrogens with one attached hydrogen (secondary N) is 4. The summed E-state index contributed by atoms with van der Waals surface area (Å²) < 4.78 is 5.17. The van der Waals surface area contributed by atoms with E-state index in [-0.39, 0.29) is 24.5 Å². The molecular weight excluding hydrogens is 380 g/mol. The van der Waals surface area contributed by atoms with E-state index < -0.39 is 0 Å². The number of nitrogens with zero attached hydrogens (tertiary/aromatic N) is 1. The smallest absolute Gasteiger partial charge is 0.190 e. The van der Waals surface area contributed by atoms with Crippen LogP contribution in [0.1, 0.15) is 19.4 Å². The van der Waals surface area contributed by atoms with E-state index in [1.165, 1.54) is 16.7 Å². The number of guanidine groups is 1. The third-order valence-corrected chi connectivity index (χ3v) is 5.21. The van der Waals surface area contributed by atoms with Crippen molar-refractivity contribution in [3.05, 3.63) is 60.2 Å². The molecule has 2 aromatic carbocycles. The van der Waals surface area contributed by atoms with Gasteiger partial charge in [-0.25, -0.2) is 10.9 Å². The second-order valence-corrected chi connectivity index (χ2v) is 7.73. The van der Waals surface area contributed by atoms with Crippen LogP contribution in [0, 0.1) is 0 Å². The van der Waals surface area contributed by atoms with Gasteiger partial charge >= 0.3 is 0 Å². The van der Waals surface area contributed by atoms with E-state index in [0.29, 0.717) is 25.7 Å². The van der Waals surface area contributed by atoms with Gasteiger partial charge in [0.05, 0.1) is 32.5 Å². The van der Waals surface area contributed by atoms with Crippen molar-refractivity contribution >= 4 is 5.96 Å². The molecule has 1 saturated heterocycles. The largest absolute Gasteiger partial charge is 0.394 e. The number of hydrogen-bond acceptors (Lipinski definition) is 6. The third-order valence-electron chi connectivity index (χ3n) is 5.21. The lowest BCUT2D eigenvalue weighted by molar-refractivity contribution is 0.0977. The number of nitrogens with two attached hydrogens (primary N) is 1. The molecule has 1 fully saturated rings. The minimum Gasteiger partial charge on any atom is -0.394 e. The van der Waals surface area contributed by atoms with E-state index in [0.717, 1.165) is 0 Å². The van der Waals surface area contributed by atoms with Crippen molar-refractivity contribution in [3.8, 4) is 11.1 Å². The van der Waals surface area contributed by atoms with Gasteiger partial charge in [0.2, 0.25) is 0 Å². The van der Waals surface area contributed by atoms with Gasteiger partial charge in [0, 0.05) is 5.41 Å². The molecule has 0 radical (unpaired) electrons.